The molecule has 1 saturated heterocycles. The first-order valence-corrected chi connectivity index (χ1v) is 7.20. The second kappa shape index (κ2) is 3.95. The quantitative estimate of drug-likeness (QED) is 0.796. The molecule has 0 spiro atoms. The minimum Gasteiger partial charge on any atom is -0.249 e. The van der Waals surface area contributed by atoms with Gasteiger partial charge >= 0.3 is 0 Å². The van der Waals surface area contributed by atoms with Crippen LogP contribution in [-0.4, -0.2) is 15.7 Å². The minimum absolute atomic E-state index is 0.471. The molecule has 0 aliphatic carbocycles. The number of rotatable bonds is 1. The van der Waals surface area contributed by atoms with E-state index in [1.807, 2.05) is 0 Å². The highest BCUT2D eigenvalue weighted by molar-refractivity contribution is 9.10. The summed E-state index contributed by atoms with van der Waals surface area (Å²) in [5, 5.41) is 8.91. The fourth-order valence-corrected chi connectivity index (χ4v) is 3.41. The Morgan fingerprint density at radius 1 is 1.47 bits per heavy atom. The molecule has 0 aromatic heterocycles. The van der Waals surface area contributed by atoms with Crippen molar-refractivity contribution in [2.75, 3.05) is 11.5 Å². The lowest BCUT2D eigenvalue weighted by atomic mass is 10.2. The Hall–Kier alpha value is -0.860. The highest BCUT2D eigenvalue weighted by atomic mass is 79.9. The molecule has 1 aliphatic rings. The van der Waals surface area contributed by atoms with Gasteiger partial charge in [0, 0.05) is 16.0 Å². The van der Waals surface area contributed by atoms with E-state index in [-0.39, 0.29) is 0 Å². The van der Waals surface area contributed by atoms with Crippen molar-refractivity contribution in [1.29, 1.82) is 5.26 Å². The molecule has 0 saturated carbocycles. The fourth-order valence-electron chi connectivity index (χ4n) is 1.35. The van der Waals surface area contributed by atoms with Gasteiger partial charge in [-0.25, -0.2) is 4.21 Å². The third kappa shape index (κ3) is 2.06. The largest absolute Gasteiger partial charge is 0.249 e. The molecule has 78 valence electrons. The van der Waals surface area contributed by atoms with E-state index >= 15 is 0 Å². The average molecular weight is 285 g/mol. The van der Waals surface area contributed by atoms with Crippen LogP contribution in [0.4, 0.5) is 5.69 Å². The maximum absolute atomic E-state index is 11.9. The van der Waals surface area contributed by atoms with Crippen LogP contribution < -0.4 is 0 Å². The van der Waals surface area contributed by atoms with Crippen LogP contribution in [0.2, 0.25) is 0 Å². The second-order valence-electron chi connectivity index (χ2n) is 3.37. The lowest BCUT2D eigenvalue weighted by Gasteiger charge is -2.18. The molecular formula is C10H9BrN2OS. The van der Waals surface area contributed by atoms with Crippen molar-refractivity contribution in [1.82, 2.24) is 0 Å². The molecule has 1 aromatic carbocycles. The van der Waals surface area contributed by atoms with Crippen molar-refractivity contribution in [2.45, 2.75) is 6.42 Å². The van der Waals surface area contributed by atoms with Crippen molar-refractivity contribution in [2.24, 2.45) is 4.36 Å². The topological polar surface area (TPSA) is 53.2 Å². The number of benzene rings is 1. The Bertz CT molecular complexity index is 543. The molecule has 3 nitrogen and oxygen atoms in total. The molecule has 1 aliphatic heterocycles. The monoisotopic (exact) mass is 284 g/mol. The van der Waals surface area contributed by atoms with Gasteiger partial charge in [0.2, 0.25) is 0 Å². The number of halogens is 1. The molecular weight excluding hydrogens is 276 g/mol. The van der Waals surface area contributed by atoms with Gasteiger partial charge in [-0.2, -0.15) is 9.62 Å². The van der Waals surface area contributed by atoms with Gasteiger partial charge in [0.1, 0.15) is 11.8 Å². The van der Waals surface area contributed by atoms with Crippen LogP contribution in [0.3, 0.4) is 0 Å². The van der Waals surface area contributed by atoms with Crippen LogP contribution >= 0.6 is 15.9 Å². The van der Waals surface area contributed by atoms with E-state index in [2.05, 4.69) is 26.4 Å². The zero-order valence-corrected chi connectivity index (χ0v) is 10.3. The summed E-state index contributed by atoms with van der Waals surface area (Å²) in [5.41, 5.74) is 1.00. The molecule has 1 heterocycles. The van der Waals surface area contributed by atoms with Crippen molar-refractivity contribution < 1.29 is 4.21 Å². The lowest BCUT2D eigenvalue weighted by molar-refractivity contribution is 0.663. The zero-order chi connectivity index (χ0) is 10.9. The fraction of sp³-hybridized carbons (Fsp3) is 0.300. The molecule has 0 atom stereocenters. The smallest absolute Gasteiger partial charge is 0.105 e. The Balaban J connectivity index is 2.58. The standard InChI is InChI=1S/C10H9BrN2OS/c11-9-4-1-3-8(7-12)10(9)13-15(14)5-2-6-15/h1,3-4H,2,5-6H2. The minimum atomic E-state index is -2.05. The van der Waals surface area contributed by atoms with Crippen molar-refractivity contribution in [3.05, 3.63) is 28.2 Å². The number of nitriles is 1. The maximum Gasteiger partial charge on any atom is 0.105 e. The van der Waals surface area contributed by atoms with Gasteiger partial charge in [-0.1, -0.05) is 6.07 Å². The molecule has 2 rings (SSSR count). The summed E-state index contributed by atoms with van der Waals surface area (Å²) in [5.74, 6) is 1.30. The highest BCUT2D eigenvalue weighted by Crippen LogP contribution is 2.32. The van der Waals surface area contributed by atoms with Gasteiger partial charge in [0.15, 0.2) is 0 Å². The van der Waals surface area contributed by atoms with E-state index in [0.29, 0.717) is 22.8 Å². The Morgan fingerprint density at radius 2 is 2.20 bits per heavy atom. The molecule has 0 unspecified atom stereocenters. The van der Waals surface area contributed by atoms with Crippen LogP contribution in [-0.2, 0) is 9.73 Å². The third-order valence-electron chi connectivity index (χ3n) is 2.29. The first kappa shape index (κ1) is 10.7. The predicted octanol–water partition coefficient (Wildman–Crippen LogP) is 2.82. The predicted molar refractivity (Wildman–Crippen MR) is 63.4 cm³/mol. The number of hydrogen-bond donors (Lipinski definition) is 0. The summed E-state index contributed by atoms with van der Waals surface area (Å²) in [6.07, 6.45) is 0.967. The average Bonchev–Trinajstić information content (AvgIpc) is 2.18. The molecule has 1 aromatic rings. The van der Waals surface area contributed by atoms with E-state index in [0.717, 1.165) is 10.9 Å². The first-order valence-electron chi connectivity index (χ1n) is 4.56. The van der Waals surface area contributed by atoms with Gasteiger partial charge in [-0.05, 0) is 34.5 Å². The Labute approximate surface area is 97.4 Å². The molecule has 5 heteroatoms. The Kier molecular flexibility index (Phi) is 2.81. The first-order chi connectivity index (χ1) is 7.14. The molecule has 0 radical (unpaired) electrons. The summed E-state index contributed by atoms with van der Waals surface area (Å²) in [6.45, 7) is 0. The normalized spacial score (nSPS) is 17.6. The maximum atomic E-state index is 11.9. The SMILES string of the molecule is N#Cc1cccc(Br)c1N=S1(=O)CCC1. The second-order valence-corrected chi connectivity index (χ2v) is 6.77. The summed E-state index contributed by atoms with van der Waals surface area (Å²) in [6, 6.07) is 7.32. The van der Waals surface area contributed by atoms with Crippen LogP contribution in [0.25, 0.3) is 0 Å². The van der Waals surface area contributed by atoms with Gasteiger partial charge in [0.25, 0.3) is 0 Å². The summed E-state index contributed by atoms with van der Waals surface area (Å²) in [4.78, 5) is 0. The van der Waals surface area contributed by atoms with Crippen molar-refractivity contribution in [3.8, 4) is 6.07 Å². The van der Waals surface area contributed by atoms with Crippen LogP contribution in [0.5, 0.6) is 0 Å². The van der Waals surface area contributed by atoms with Crippen LogP contribution in [0.1, 0.15) is 12.0 Å². The van der Waals surface area contributed by atoms with Gasteiger partial charge < -0.3 is 0 Å². The molecule has 0 amide bonds. The van der Waals surface area contributed by atoms with Crippen molar-refractivity contribution >= 4 is 31.3 Å². The van der Waals surface area contributed by atoms with Gasteiger partial charge in [0.05, 0.1) is 15.3 Å². The molecule has 1 fully saturated rings. The van der Waals surface area contributed by atoms with E-state index in [4.69, 9.17) is 5.26 Å². The van der Waals surface area contributed by atoms with E-state index in [1.54, 1.807) is 18.2 Å². The van der Waals surface area contributed by atoms with Crippen LogP contribution in [0, 0.1) is 11.3 Å². The zero-order valence-electron chi connectivity index (χ0n) is 7.94. The summed E-state index contributed by atoms with van der Waals surface area (Å²) < 4.78 is 16.9. The summed E-state index contributed by atoms with van der Waals surface area (Å²) >= 11 is 3.32. The lowest BCUT2D eigenvalue weighted by Crippen LogP contribution is -2.23. The van der Waals surface area contributed by atoms with Crippen molar-refractivity contribution in [3.63, 3.8) is 0 Å². The molecule has 15 heavy (non-hydrogen) atoms. The Morgan fingerprint density at radius 3 is 2.73 bits per heavy atom. The third-order valence-corrected chi connectivity index (χ3v) is 5.30. The van der Waals surface area contributed by atoms with E-state index in [9.17, 15) is 4.21 Å². The van der Waals surface area contributed by atoms with Gasteiger partial charge in [-0.3, -0.25) is 0 Å². The van der Waals surface area contributed by atoms with E-state index in [1.165, 1.54) is 0 Å². The molecule has 0 N–H and O–H groups in total. The highest BCUT2D eigenvalue weighted by Gasteiger charge is 2.20. The van der Waals surface area contributed by atoms with E-state index < -0.39 is 9.73 Å². The number of hydrogen-bond acceptors (Lipinski definition) is 3. The molecule has 0 bridgehead atoms. The number of nitrogens with zero attached hydrogens (tertiary/aromatic N) is 2. The van der Waals surface area contributed by atoms with Crippen LogP contribution in [0.15, 0.2) is 27.0 Å². The van der Waals surface area contributed by atoms with Gasteiger partial charge in [-0.15, -0.1) is 0 Å². The summed E-state index contributed by atoms with van der Waals surface area (Å²) in [7, 11) is -2.05.